The molecule has 1 heterocycles. The molecule has 185 valence electrons. The number of aryl methyl sites for hydroxylation is 6. The van der Waals surface area contributed by atoms with Crippen molar-refractivity contribution in [1.82, 2.24) is 0 Å². The van der Waals surface area contributed by atoms with Crippen molar-refractivity contribution in [3.05, 3.63) is 102 Å². The van der Waals surface area contributed by atoms with Crippen molar-refractivity contribution < 1.29 is 20.8 Å². The molecule has 5 heteroatoms. The number of hydrogen-bond donors (Lipinski definition) is 1. The van der Waals surface area contributed by atoms with Crippen LogP contribution in [-0.4, -0.2) is 22.8 Å². The standard InChI is InChI=1S/C21H27N2.C7H6O.CH3.ClH.Ru/c1-14-9-16(3)20(17(4)10-14)22-7-8-23(13-22)21-18(5)11-15(2)12-19(21)6;1-6-4-2-3-5-7(6)8;;;/h9-13H,7-8H2,1-6H3;1-5,8H;1H3;1H;/q-1;;-1;;+1/p-1. The second-order valence-electron chi connectivity index (χ2n) is 8.73. The van der Waals surface area contributed by atoms with Crippen LogP contribution >= 0.6 is 9.69 Å². The molecule has 0 bridgehead atoms. The minimum Gasteiger partial charge on any atom is -0.358 e. The number of anilines is 2. The fourth-order valence-corrected chi connectivity index (χ4v) is 5.82. The van der Waals surface area contributed by atoms with Crippen LogP contribution in [-0.2, 0) is 15.7 Å². The molecule has 3 aromatic rings. The van der Waals surface area contributed by atoms with Crippen molar-refractivity contribution >= 4 is 25.7 Å². The van der Waals surface area contributed by atoms with E-state index in [2.05, 4.69) is 82.3 Å². The Balaban J connectivity index is 0.000000314. The molecule has 3 nitrogen and oxygen atoms in total. The summed E-state index contributed by atoms with van der Waals surface area (Å²) in [5, 5.41) is 9.17. The summed E-state index contributed by atoms with van der Waals surface area (Å²) >= 11 is -0.250. The van der Waals surface area contributed by atoms with Gasteiger partial charge in [-0.1, -0.05) is 35.4 Å². The zero-order valence-electron chi connectivity index (χ0n) is 21.3. The summed E-state index contributed by atoms with van der Waals surface area (Å²) in [6, 6.07) is 16.3. The van der Waals surface area contributed by atoms with Gasteiger partial charge in [-0.15, -0.1) is 0 Å². The summed E-state index contributed by atoms with van der Waals surface area (Å²) in [6.45, 7) is 17.6. The molecule has 0 amide bonds. The van der Waals surface area contributed by atoms with Crippen LogP contribution in [0.15, 0.2) is 48.5 Å². The molecular formula is C29H36ClN2ORu-2. The van der Waals surface area contributed by atoms with E-state index >= 15 is 0 Å². The van der Waals surface area contributed by atoms with Crippen LogP contribution in [0.4, 0.5) is 11.4 Å². The maximum Gasteiger partial charge on any atom is -0.358 e. The van der Waals surface area contributed by atoms with E-state index < -0.39 is 0 Å². The summed E-state index contributed by atoms with van der Waals surface area (Å²) in [6.07, 6.45) is 0. The van der Waals surface area contributed by atoms with Crippen LogP contribution in [0.1, 0.15) is 38.9 Å². The van der Waals surface area contributed by atoms with Crippen LogP contribution in [0.25, 0.3) is 0 Å². The van der Waals surface area contributed by atoms with E-state index in [-0.39, 0.29) is 23.1 Å². The van der Waals surface area contributed by atoms with Crippen LogP contribution in [0.3, 0.4) is 0 Å². The summed E-state index contributed by atoms with van der Waals surface area (Å²) in [5.74, 6) is 0.303. The Kier molecular flexibility index (Phi) is 10.3. The maximum atomic E-state index is 9.17. The second kappa shape index (κ2) is 12.5. The first-order valence-corrected chi connectivity index (χ1v) is 14.3. The molecule has 0 unspecified atom stereocenters. The molecule has 0 aliphatic carbocycles. The predicted octanol–water partition coefficient (Wildman–Crippen LogP) is 7.21. The largest absolute Gasteiger partial charge is 0.358 e. The van der Waals surface area contributed by atoms with Crippen molar-refractivity contribution in [2.45, 2.75) is 41.5 Å². The van der Waals surface area contributed by atoms with Crippen molar-refractivity contribution in [1.29, 1.82) is 0 Å². The molecule has 1 N–H and O–H groups in total. The third-order valence-electron chi connectivity index (χ3n) is 5.79. The smallest absolute Gasteiger partial charge is 0.358 e. The van der Waals surface area contributed by atoms with E-state index in [9.17, 15) is 0 Å². The van der Waals surface area contributed by atoms with Gasteiger partial charge in [-0.2, -0.15) is 6.67 Å². The van der Waals surface area contributed by atoms with E-state index in [1.54, 1.807) is 12.1 Å². The summed E-state index contributed by atoms with van der Waals surface area (Å²) in [5.41, 5.74) is 11.7. The number of aromatic hydroxyl groups is 1. The maximum absolute atomic E-state index is 9.17. The Morgan fingerprint density at radius 2 is 1.21 bits per heavy atom. The Labute approximate surface area is 217 Å². The molecule has 0 saturated carbocycles. The van der Waals surface area contributed by atoms with E-state index in [0.717, 1.165) is 18.7 Å². The number of hydrogen-bond acceptors (Lipinski definition) is 3. The van der Waals surface area contributed by atoms with Crippen molar-refractivity contribution in [2.24, 2.45) is 0 Å². The third-order valence-corrected chi connectivity index (χ3v) is 6.98. The van der Waals surface area contributed by atoms with E-state index in [0.29, 0.717) is 5.75 Å². The van der Waals surface area contributed by atoms with Gasteiger partial charge in [-0.3, -0.25) is 0 Å². The zero-order valence-corrected chi connectivity index (χ0v) is 23.8. The average molecular weight is 565 g/mol. The van der Waals surface area contributed by atoms with Gasteiger partial charge < -0.3 is 17.2 Å². The Morgan fingerprint density at radius 1 is 0.794 bits per heavy atom. The normalized spacial score (nSPS) is 13.3. The molecule has 4 rings (SSSR count). The summed E-state index contributed by atoms with van der Waals surface area (Å²) in [7, 11) is 5.53. The zero-order chi connectivity index (χ0) is 24.1. The quantitative estimate of drug-likeness (QED) is 0.269. The Morgan fingerprint density at radius 3 is 1.59 bits per heavy atom. The number of phenols is 1. The minimum atomic E-state index is -0.250. The number of halogens is 1. The summed E-state index contributed by atoms with van der Waals surface area (Å²) in [4.78, 5) is 4.81. The fraction of sp³-hybridized carbons (Fsp3) is 0.276. The summed E-state index contributed by atoms with van der Waals surface area (Å²) < 4.78 is 1.85. The molecule has 0 spiro atoms. The van der Waals surface area contributed by atoms with Crippen LogP contribution in [0.2, 0.25) is 0 Å². The molecule has 1 fully saturated rings. The molecule has 34 heavy (non-hydrogen) atoms. The van der Waals surface area contributed by atoms with Gasteiger partial charge in [0.15, 0.2) is 0 Å². The first-order chi connectivity index (χ1) is 15.7. The van der Waals surface area contributed by atoms with Gasteiger partial charge in [0.05, 0.1) is 0 Å². The van der Waals surface area contributed by atoms with Crippen molar-refractivity contribution in [3.63, 3.8) is 0 Å². The van der Waals surface area contributed by atoms with Gasteiger partial charge in [-0.25, -0.2) is 0 Å². The molecule has 3 aromatic carbocycles. The van der Waals surface area contributed by atoms with E-state index in [1.165, 1.54) is 44.8 Å². The second-order valence-corrected chi connectivity index (χ2v) is 10.5. The number of rotatable bonds is 3. The molecule has 1 saturated heterocycles. The van der Waals surface area contributed by atoms with Crippen molar-refractivity contribution in [3.8, 4) is 5.75 Å². The van der Waals surface area contributed by atoms with E-state index in [1.807, 2.05) is 16.7 Å². The number of para-hydroxylation sites is 1. The average Bonchev–Trinajstić information content (AvgIpc) is 3.18. The first kappa shape index (κ1) is 28.1. The van der Waals surface area contributed by atoms with Gasteiger partial charge in [0, 0.05) is 24.5 Å². The van der Waals surface area contributed by atoms with Crippen LogP contribution < -0.4 is 9.80 Å². The Bertz CT molecular complexity index is 1050. The van der Waals surface area contributed by atoms with Crippen LogP contribution in [0.5, 0.6) is 5.75 Å². The molecule has 0 atom stereocenters. The number of benzene rings is 3. The Hall–Kier alpha value is -2.16. The van der Waals surface area contributed by atoms with Gasteiger partial charge in [-0.05, 0) is 63.8 Å². The topological polar surface area (TPSA) is 26.7 Å². The predicted molar refractivity (Wildman–Crippen MR) is 146 cm³/mol. The molecule has 1 aliphatic heterocycles. The molecule has 0 aromatic heterocycles. The van der Waals surface area contributed by atoms with Crippen molar-refractivity contribution in [2.75, 3.05) is 22.9 Å². The monoisotopic (exact) mass is 565 g/mol. The fourth-order valence-electron chi connectivity index (χ4n) is 4.70. The molecule has 1 aliphatic rings. The molecular weight excluding hydrogens is 529 g/mol. The van der Waals surface area contributed by atoms with Gasteiger partial charge >= 0.3 is 70.7 Å². The molecule has 0 radical (unpaired) electrons. The van der Waals surface area contributed by atoms with Gasteiger partial charge in [0.2, 0.25) is 0 Å². The van der Waals surface area contributed by atoms with Crippen LogP contribution in [0, 0.1) is 55.6 Å². The van der Waals surface area contributed by atoms with Gasteiger partial charge in [0.1, 0.15) is 0 Å². The van der Waals surface area contributed by atoms with E-state index in [4.69, 9.17) is 14.8 Å². The number of phenolic OH excluding ortho intramolecular Hbond substituents is 1. The first-order valence-electron chi connectivity index (χ1n) is 11.1. The number of nitrogens with zero attached hydrogens (tertiary/aromatic N) is 2. The van der Waals surface area contributed by atoms with Gasteiger partial charge in [0.25, 0.3) is 0 Å². The minimum absolute atomic E-state index is 0. The SMILES string of the molecule is Cc1cc(C)c(N2[CH-]N(c3c(C)cc(C)cc3C)CC2)c(C)c1.Oc1ccccc1[CH]=[Ru][Cl].[CH3-]. The third kappa shape index (κ3) is 6.71.